The molecule has 0 saturated carbocycles. The van der Waals surface area contributed by atoms with Gasteiger partial charge in [-0.1, -0.05) is 36.4 Å². The molecule has 7 heteroatoms. The van der Waals surface area contributed by atoms with Crippen LogP contribution in [0.2, 0.25) is 0 Å². The predicted molar refractivity (Wildman–Crippen MR) is 106 cm³/mol. The number of hydrogen-bond donors (Lipinski definition) is 3. The van der Waals surface area contributed by atoms with Crippen LogP contribution >= 0.6 is 11.8 Å². The van der Waals surface area contributed by atoms with Crippen LogP contribution in [-0.2, 0) is 9.53 Å². The van der Waals surface area contributed by atoms with Crippen LogP contribution in [0.15, 0.2) is 23.8 Å². The van der Waals surface area contributed by atoms with E-state index in [0.29, 0.717) is 18.1 Å². The summed E-state index contributed by atoms with van der Waals surface area (Å²) in [6, 6.07) is -0.353. The van der Waals surface area contributed by atoms with Gasteiger partial charge in [0.05, 0.1) is 18.2 Å². The van der Waals surface area contributed by atoms with Gasteiger partial charge in [0.2, 0.25) is 0 Å². The zero-order valence-electron chi connectivity index (χ0n) is 16.1. The highest BCUT2D eigenvalue weighted by molar-refractivity contribution is 8.13. The van der Waals surface area contributed by atoms with Crippen molar-refractivity contribution in [3.8, 4) is 0 Å². The molecule has 3 N–H and O–H groups in total. The summed E-state index contributed by atoms with van der Waals surface area (Å²) in [5, 5.41) is 23.4. The van der Waals surface area contributed by atoms with Crippen LogP contribution in [-0.4, -0.2) is 51.5 Å². The highest BCUT2D eigenvalue weighted by Crippen LogP contribution is 2.22. The smallest absolute Gasteiger partial charge is 0.330 e. The van der Waals surface area contributed by atoms with Gasteiger partial charge in [0, 0.05) is 24.7 Å². The predicted octanol–water partition coefficient (Wildman–Crippen LogP) is 2.94. The van der Waals surface area contributed by atoms with Gasteiger partial charge in [0.15, 0.2) is 0 Å². The number of aliphatic hydroxyl groups excluding tert-OH is 2. The first-order valence-corrected chi connectivity index (χ1v) is 10.7. The molecule has 6 nitrogen and oxygen atoms in total. The van der Waals surface area contributed by atoms with E-state index < -0.39 is 24.3 Å². The van der Waals surface area contributed by atoms with Crippen LogP contribution in [0, 0.1) is 5.92 Å². The van der Waals surface area contributed by atoms with Crippen molar-refractivity contribution in [3.63, 3.8) is 0 Å². The largest absolute Gasteiger partial charge is 0.459 e. The van der Waals surface area contributed by atoms with Gasteiger partial charge in [-0.25, -0.2) is 4.79 Å². The summed E-state index contributed by atoms with van der Waals surface area (Å²) in [5.41, 5.74) is 0.939. The highest BCUT2D eigenvalue weighted by atomic mass is 32.2. The molecule has 5 atom stereocenters. The van der Waals surface area contributed by atoms with Crippen LogP contribution in [0.25, 0.3) is 0 Å². The third kappa shape index (κ3) is 8.07. The average molecular weight is 398 g/mol. The molecule has 0 aromatic rings. The molecule has 1 saturated heterocycles. The van der Waals surface area contributed by atoms with E-state index in [1.54, 1.807) is 0 Å². The van der Waals surface area contributed by atoms with Gasteiger partial charge < -0.3 is 20.3 Å². The topological polar surface area (TPSA) is 95.9 Å². The number of amides is 1. The molecular formula is C20H31NO5S. The molecule has 0 aromatic heterocycles. The van der Waals surface area contributed by atoms with E-state index >= 15 is 0 Å². The van der Waals surface area contributed by atoms with Gasteiger partial charge in [-0.2, -0.15) is 0 Å². The molecule has 2 heterocycles. The molecule has 0 aromatic carbocycles. The van der Waals surface area contributed by atoms with Gasteiger partial charge in [-0.05, 0) is 38.5 Å². The van der Waals surface area contributed by atoms with Crippen molar-refractivity contribution >= 4 is 23.0 Å². The maximum Gasteiger partial charge on any atom is 0.330 e. The Kier molecular flexibility index (Phi) is 8.86. The van der Waals surface area contributed by atoms with E-state index in [2.05, 4.69) is 24.4 Å². The van der Waals surface area contributed by atoms with Crippen molar-refractivity contribution in [1.29, 1.82) is 0 Å². The van der Waals surface area contributed by atoms with E-state index in [0.717, 1.165) is 36.6 Å². The fourth-order valence-electron chi connectivity index (χ4n) is 3.32. The number of aliphatic hydroxyl groups is 2. The van der Waals surface area contributed by atoms with Crippen LogP contribution in [0.5, 0.6) is 0 Å². The Balaban J connectivity index is 2.04. The lowest BCUT2D eigenvalue weighted by molar-refractivity contribution is -0.146. The second-order valence-electron chi connectivity index (χ2n) is 7.61. The van der Waals surface area contributed by atoms with Gasteiger partial charge in [0.1, 0.15) is 6.10 Å². The number of ether oxygens (including phenoxy) is 1. The number of allylic oxidation sites excluding steroid dienone is 3. The molecular weight excluding hydrogens is 366 g/mol. The zero-order chi connectivity index (χ0) is 19.8. The molecule has 1 amide bonds. The van der Waals surface area contributed by atoms with Gasteiger partial charge in [-0.15, -0.1) is 0 Å². The molecule has 27 heavy (non-hydrogen) atoms. The summed E-state index contributed by atoms with van der Waals surface area (Å²) >= 11 is 1.14. The monoisotopic (exact) mass is 397 g/mol. The van der Waals surface area contributed by atoms with Gasteiger partial charge in [0.25, 0.3) is 5.24 Å². The normalized spacial score (nSPS) is 35.3. The molecule has 0 aliphatic carbocycles. The molecule has 1 fully saturated rings. The Hall–Kier alpha value is -1.31. The third-order valence-corrected chi connectivity index (χ3v) is 5.88. The van der Waals surface area contributed by atoms with Crippen LogP contribution in [0.4, 0.5) is 4.79 Å². The van der Waals surface area contributed by atoms with E-state index in [4.69, 9.17) is 4.74 Å². The van der Waals surface area contributed by atoms with Gasteiger partial charge in [-0.3, -0.25) is 4.79 Å². The third-order valence-electron chi connectivity index (χ3n) is 4.97. The van der Waals surface area contributed by atoms with E-state index in [9.17, 15) is 19.8 Å². The molecule has 0 radical (unpaired) electrons. The van der Waals surface area contributed by atoms with E-state index in [1.807, 2.05) is 6.92 Å². The molecule has 2 aliphatic heterocycles. The molecule has 2 aliphatic rings. The zero-order valence-corrected chi connectivity index (χ0v) is 16.9. The first-order valence-electron chi connectivity index (χ1n) is 9.67. The van der Waals surface area contributed by atoms with Crippen molar-refractivity contribution in [2.24, 2.45) is 5.92 Å². The molecule has 152 valence electrons. The number of carbonyl (C=O) groups excluding carboxylic acids is 2. The fraction of sp³-hybridized carbons (Fsp3) is 0.700. The second kappa shape index (κ2) is 10.9. The summed E-state index contributed by atoms with van der Waals surface area (Å²) in [4.78, 5) is 23.6. The van der Waals surface area contributed by atoms with Crippen LogP contribution in [0.1, 0.15) is 52.4 Å². The van der Waals surface area contributed by atoms with Gasteiger partial charge >= 0.3 is 5.97 Å². The number of thioether (sulfide) groups is 1. The Morgan fingerprint density at radius 1 is 1.37 bits per heavy atom. The Morgan fingerprint density at radius 3 is 2.85 bits per heavy atom. The number of carbonyl (C=O) groups is 2. The minimum absolute atomic E-state index is 0.150. The van der Waals surface area contributed by atoms with Crippen molar-refractivity contribution in [1.82, 2.24) is 5.32 Å². The Labute approximate surface area is 165 Å². The second-order valence-corrected chi connectivity index (χ2v) is 8.61. The summed E-state index contributed by atoms with van der Waals surface area (Å²) < 4.78 is 5.55. The number of rotatable bonds is 3. The minimum atomic E-state index is -0.820. The number of nitrogens with one attached hydrogen (secondary N) is 1. The highest BCUT2D eigenvalue weighted by Gasteiger charge is 2.31. The lowest BCUT2D eigenvalue weighted by atomic mass is 9.96. The lowest BCUT2D eigenvalue weighted by Gasteiger charge is -2.25. The summed E-state index contributed by atoms with van der Waals surface area (Å²) in [5.74, 6) is 0.423. The number of hydrogen-bond acceptors (Lipinski definition) is 6. The summed E-state index contributed by atoms with van der Waals surface area (Å²) in [6.45, 7) is 4.02. The Morgan fingerprint density at radius 2 is 2.15 bits per heavy atom. The standard InChI is InChI=1S/C20H31NO5S/c1-13-5-3-4-6-14(2)9-19(24)26-16(10-15(22)8-7-13)11-18(23)17-12-27-20(25)21-17/h3,5,9,13,15-18,22-23H,4,6-8,10-12H2,1-2H3,(H,21,25)/b5-3-,14-9-/t13-,15-,16-,17-,18+/m1/s1. The lowest BCUT2D eigenvalue weighted by Crippen LogP contribution is -2.41. The molecule has 0 spiro atoms. The first kappa shape index (κ1) is 22.0. The van der Waals surface area contributed by atoms with Crippen molar-refractivity contribution in [3.05, 3.63) is 23.8 Å². The number of cyclic esters (lactones) is 1. The van der Waals surface area contributed by atoms with E-state index in [1.165, 1.54) is 6.08 Å². The summed E-state index contributed by atoms with van der Waals surface area (Å²) in [7, 11) is 0. The van der Waals surface area contributed by atoms with Crippen molar-refractivity contribution < 1.29 is 24.5 Å². The van der Waals surface area contributed by atoms with Crippen LogP contribution < -0.4 is 5.32 Å². The molecule has 2 rings (SSSR count). The van der Waals surface area contributed by atoms with Crippen molar-refractivity contribution in [2.75, 3.05) is 5.75 Å². The Bertz CT molecular complexity index is 577. The summed E-state index contributed by atoms with van der Waals surface area (Å²) in [6.07, 6.45) is 7.34. The fourth-order valence-corrected chi connectivity index (χ4v) is 4.19. The average Bonchev–Trinajstić information content (AvgIpc) is 3.02. The maximum absolute atomic E-state index is 12.2. The van der Waals surface area contributed by atoms with Crippen LogP contribution in [0.3, 0.4) is 0 Å². The SMILES string of the molecule is C/C1=C/C(=O)O[C@@H](C[C@H](O)[C@H]2CSC(=O)N2)C[C@H](O)CC[C@H](C)/C=C\CC1. The maximum atomic E-state index is 12.2. The van der Waals surface area contributed by atoms with Crippen molar-refractivity contribution in [2.45, 2.75) is 76.7 Å². The first-order chi connectivity index (χ1) is 12.8. The quantitative estimate of drug-likeness (QED) is 0.501. The molecule has 0 bridgehead atoms. The number of esters is 1. The minimum Gasteiger partial charge on any atom is -0.459 e. The van der Waals surface area contributed by atoms with E-state index in [-0.39, 0.29) is 24.1 Å². The molecule has 0 unspecified atom stereocenters.